The minimum atomic E-state index is 0.765. The van der Waals surface area contributed by atoms with Crippen molar-refractivity contribution >= 4 is 5.69 Å². The molecule has 0 saturated heterocycles. The first-order valence-electron chi connectivity index (χ1n) is 2.43. The summed E-state index contributed by atoms with van der Waals surface area (Å²) < 4.78 is 4.94. The number of nitrogen functional groups attached to an aromatic ring is 1. The van der Waals surface area contributed by atoms with Gasteiger partial charge >= 0.3 is 0 Å². The van der Waals surface area contributed by atoms with E-state index in [1.54, 1.807) is 0 Å². The Balaban J connectivity index is 2.64. The molecule has 1 aromatic carbocycles. The van der Waals surface area contributed by atoms with Crippen LogP contribution in [0.15, 0.2) is 18.2 Å². The SMILES string of the molecule is Nc1ccc2c(c1)O2. The summed E-state index contributed by atoms with van der Waals surface area (Å²) in [6.07, 6.45) is 0. The molecule has 0 aliphatic carbocycles. The maximum atomic E-state index is 5.41. The molecule has 1 heterocycles. The van der Waals surface area contributed by atoms with E-state index in [1.807, 2.05) is 18.2 Å². The Morgan fingerprint density at radius 2 is 2.12 bits per heavy atom. The van der Waals surface area contributed by atoms with E-state index in [4.69, 9.17) is 10.5 Å². The quantitative estimate of drug-likeness (QED) is 0.408. The lowest BCUT2D eigenvalue weighted by molar-refractivity contribution is 0.650. The van der Waals surface area contributed by atoms with Gasteiger partial charge in [-0.3, -0.25) is 0 Å². The fraction of sp³-hybridized carbons (Fsp3) is 0. The second-order valence-electron chi connectivity index (χ2n) is 1.81. The summed E-state index contributed by atoms with van der Waals surface area (Å²) in [6, 6.07) is 5.51. The number of rotatable bonds is 0. The molecular formula is C6H5NO. The van der Waals surface area contributed by atoms with Gasteiger partial charge in [0, 0.05) is 11.8 Å². The molecule has 1 aromatic rings. The molecule has 0 aromatic heterocycles. The molecule has 0 saturated carbocycles. The van der Waals surface area contributed by atoms with Gasteiger partial charge in [-0.2, -0.15) is 0 Å². The summed E-state index contributed by atoms with van der Waals surface area (Å²) in [7, 11) is 0. The van der Waals surface area contributed by atoms with Crippen LogP contribution in [0.4, 0.5) is 5.69 Å². The van der Waals surface area contributed by atoms with E-state index in [1.165, 1.54) is 0 Å². The largest absolute Gasteiger partial charge is 0.449 e. The van der Waals surface area contributed by atoms with Crippen LogP contribution in [0.2, 0.25) is 0 Å². The Hall–Kier alpha value is -1.18. The Kier molecular flexibility index (Phi) is 0.457. The van der Waals surface area contributed by atoms with Crippen LogP contribution >= 0.6 is 0 Å². The van der Waals surface area contributed by atoms with Crippen LogP contribution in [0.1, 0.15) is 0 Å². The molecule has 0 radical (unpaired) electrons. The van der Waals surface area contributed by atoms with E-state index in [0.29, 0.717) is 0 Å². The number of hydrogen-bond donors (Lipinski definition) is 1. The van der Waals surface area contributed by atoms with Crippen molar-refractivity contribution < 1.29 is 4.74 Å². The zero-order valence-corrected chi connectivity index (χ0v) is 4.22. The highest BCUT2D eigenvalue weighted by atomic mass is 16.6. The lowest BCUT2D eigenvalue weighted by Gasteiger charge is -1.79. The van der Waals surface area contributed by atoms with Gasteiger partial charge in [-0.15, -0.1) is 0 Å². The molecule has 0 unspecified atom stereocenters. The van der Waals surface area contributed by atoms with Crippen LogP contribution in [-0.4, -0.2) is 0 Å². The van der Waals surface area contributed by atoms with Gasteiger partial charge in [0.1, 0.15) is 0 Å². The van der Waals surface area contributed by atoms with Gasteiger partial charge < -0.3 is 10.5 Å². The van der Waals surface area contributed by atoms with E-state index in [9.17, 15) is 0 Å². The molecule has 0 amide bonds. The number of fused-ring (bicyclic) bond motifs is 1. The highest BCUT2D eigenvalue weighted by Gasteiger charge is 2.17. The molecule has 0 spiro atoms. The van der Waals surface area contributed by atoms with Crippen molar-refractivity contribution in [2.75, 3.05) is 5.73 Å². The Morgan fingerprint density at radius 3 is 2.75 bits per heavy atom. The summed E-state index contributed by atoms with van der Waals surface area (Å²) in [5, 5.41) is 0. The summed E-state index contributed by atoms with van der Waals surface area (Å²) >= 11 is 0. The standard InChI is InChI=1S/C6H5NO/c7-4-1-2-5-6(3-4)8-5/h1-3H,7H2. The summed E-state index contributed by atoms with van der Waals surface area (Å²) in [5.41, 5.74) is 6.18. The molecule has 0 bridgehead atoms. The normalized spacial score (nSPS) is 12.0. The van der Waals surface area contributed by atoms with Gasteiger partial charge in [0.2, 0.25) is 0 Å². The minimum Gasteiger partial charge on any atom is -0.449 e. The van der Waals surface area contributed by atoms with E-state index in [-0.39, 0.29) is 0 Å². The molecule has 8 heavy (non-hydrogen) atoms. The van der Waals surface area contributed by atoms with Crippen molar-refractivity contribution in [1.29, 1.82) is 0 Å². The maximum Gasteiger partial charge on any atom is 0.172 e. The molecule has 1 aliphatic heterocycles. The maximum absolute atomic E-state index is 5.41. The molecular weight excluding hydrogens is 102 g/mol. The average molecular weight is 107 g/mol. The number of ether oxygens (including phenoxy) is 1. The van der Waals surface area contributed by atoms with Crippen molar-refractivity contribution in [2.24, 2.45) is 0 Å². The molecule has 1 aliphatic rings. The third kappa shape index (κ3) is 0.368. The summed E-state index contributed by atoms with van der Waals surface area (Å²) in [6.45, 7) is 0. The Bertz CT molecular complexity index is 231. The number of nitrogens with two attached hydrogens (primary N) is 1. The van der Waals surface area contributed by atoms with E-state index in [2.05, 4.69) is 0 Å². The zero-order chi connectivity index (χ0) is 5.56. The van der Waals surface area contributed by atoms with Gasteiger partial charge in [-0.1, -0.05) is 0 Å². The van der Waals surface area contributed by atoms with Crippen molar-refractivity contribution in [1.82, 2.24) is 0 Å². The average Bonchev–Trinajstić information content (AvgIpc) is 2.43. The van der Waals surface area contributed by atoms with Crippen LogP contribution in [-0.2, 0) is 0 Å². The van der Waals surface area contributed by atoms with Gasteiger partial charge in [0.25, 0.3) is 0 Å². The highest BCUT2D eigenvalue weighted by Crippen LogP contribution is 2.45. The Morgan fingerprint density at radius 1 is 1.25 bits per heavy atom. The van der Waals surface area contributed by atoms with E-state index >= 15 is 0 Å². The van der Waals surface area contributed by atoms with Gasteiger partial charge in [0.05, 0.1) is 0 Å². The van der Waals surface area contributed by atoms with Gasteiger partial charge in [-0.05, 0) is 12.1 Å². The second-order valence-corrected chi connectivity index (χ2v) is 1.81. The first kappa shape index (κ1) is 3.78. The molecule has 0 atom stereocenters. The van der Waals surface area contributed by atoms with Crippen molar-refractivity contribution in [2.45, 2.75) is 0 Å². The number of hydrogen-bond acceptors (Lipinski definition) is 2. The van der Waals surface area contributed by atoms with Crippen LogP contribution in [0, 0.1) is 0 Å². The second kappa shape index (κ2) is 0.968. The van der Waals surface area contributed by atoms with Crippen molar-refractivity contribution in [3.05, 3.63) is 18.2 Å². The molecule has 40 valence electrons. The number of anilines is 1. The summed E-state index contributed by atoms with van der Waals surface area (Å²) in [4.78, 5) is 0. The predicted molar refractivity (Wildman–Crippen MR) is 30.9 cm³/mol. The third-order valence-corrected chi connectivity index (χ3v) is 1.15. The molecule has 2 nitrogen and oxygen atoms in total. The van der Waals surface area contributed by atoms with Gasteiger partial charge in [0.15, 0.2) is 11.5 Å². The van der Waals surface area contributed by atoms with E-state index in [0.717, 1.165) is 17.2 Å². The number of benzene rings is 1. The van der Waals surface area contributed by atoms with Crippen LogP contribution in [0.5, 0.6) is 11.5 Å². The van der Waals surface area contributed by atoms with Gasteiger partial charge in [-0.25, -0.2) is 0 Å². The first-order valence-corrected chi connectivity index (χ1v) is 2.43. The topological polar surface area (TPSA) is 38.5 Å². The molecule has 2 N–H and O–H groups in total. The predicted octanol–water partition coefficient (Wildman–Crippen LogP) is 1.37. The fourth-order valence-corrected chi connectivity index (χ4v) is 0.681. The van der Waals surface area contributed by atoms with Crippen LogP contribution in [0.3, 0.4) is 0 Å². The van der Waals surface area contributed by atoms with Crippen LogP contribution in [0.25, 0.3) is 0 Å². The van der Waals surface area contributed by atoms with Crippen molar-refractivity contribution in [3.63, 3.8) is 0 Å². The molecule has 2 heteroatoms. The smallest absolute Gasteiger partial charge is 0.172 e. The zero-order valence-electron chi connectivity index (χ0n) is 4.22. The first-order chi connectivity index (χ1) is 3.86. The van der Waals surface area contributed by atoms with Crippen LogP contribution < -0.4 is 10.5 Å². The monoisotopic (exact) mass is 107 g/mol. The lowest BCUT2D eigenvalue weighted by Crippen LogP contribution is -1.77. The Labute approximate surface area is 46.9 Å². The fourth-order valence-electron chi connectivity index (χ4n) is 0.681. The van der Waals surface area contributed by atoms with Crippen molar-refractivity contribution in [3.8, 4) is 11.5 Å². The lowest BCUT2D eigenvalue weighted by atomic mass is 10.3. The molecule has 2 rings (SSSR count). The third-order valence-electron chi connectivity index (χ3n) is 1.15. The molecule has 0 fully saturated rings. The minimum absolute atomic E-state index is 0.765. The van der Waals surface area contributed by atoms with E-state index < -0.39 is 0 Å². The summed E-state index contributed by atoms with van der Waals surface area (Å²) in [5.74, 6) is 1.88. The highest BCUT2D eigenvalue weighted by molar-refractivity contribution is 5.61.